The van der Waals surface area contributed by atoms with Gasteiger partial charge in [0.1, 0.15) is 0 Å². The van der Waals surface area contributed by atoms with E-state index in [2.05, 4.69) is 27.7 Å². The Bertz CT molecular complexity index is 509. The number of aliphatic carboxylic acids is 4. The Balaban J connectivity index is -0.000000139. The average molecular weight is 786 g/mol. The second-order valence-electron chi connectivity index (χ2n) is 10.3. The molecule has 0 aliphatic heterocycles. The van der Waals surface area contributed by atoms with Gasteiger partial charge >= 0.3 is 51.2 Å². The van der Waals surface area contributed by atoms with E-state index in [0.717, 1.165) is 103 Å². The normalized spacial score (nSPS) is 12.7. The van der Waals surface area contributed by atoms with Gasteiger partial charge in [-0.3, -0.25) is 19.2 Å². The van der Waals surface area contributed by atoms with Gasteiger partial charge < -0.3 is 20.4 Å². The maximum atomic E-state index is 10.4. The number of unbranched alkanes of at least 4 members (excludes halogenated alkanes) is 4. The summed E-state index contributed by atoms with van der Waals surface area (Å²) in [4.78, 5) is 41.7. The van der Waals surface area contributed by atoms with Crippen LogP contribution >= 0.6 is 0 Å². The van der Waals surface area contributed by atoms with Crippen LogP contribution in [-0.2, 0) is 19.2 Å². The zero-order valence-corrected chi connectivity index (χ0v) is 33.2. The molecule has 0 spiro atoms. The molecule has 0 fully saturated rings. The van der Waals surface area contributed by atoms with Crippen molar-refractivity contribution < 1.29 is 39.6 Å². The molecule has 2 radical (unpaired) electrons. The predicted octanol–water partition coefficient (Wildman–Crippen LogP) is 8.23. The molecule has 41 heavy (non-hydrogen) atoms. The van der Waals surface area contributed by atoms with Gasteiger partial charge in [0.2, 0.25) is 0 Å². The molecule has 9 heteroatoms. The summed E-state index contributed by atoms with van der Waals surface area (Å²) in [6.45, 7) is 16.0. The van der Waals surface area contributed by atoms with Gasteiger partial charge in [-0.25, -0.2) is 0 Å². The molecule has 0 amide bonds. The third kappa shape index (κ3) is 34.9. The summed E-state index contributed by atoms with van der Waals surface area (Å²) in [6.07, 6.45) is 14.9. The molecule has 0 saturated carbocycles. The third-order valence-corrected chi connectivity index (χ3v) is 6.99. The Hall–Kier alpha value is -1.20. The summed E-state index contributed by atoms with van der Waals surface area (Å²) >= 11 is 0. The van der Waals surface area contributed by atoms with Crippen molar-refractivity contribution in [2.75, 3.05) is 0 Å². The van der Waals surface area contributed by atoms with E-state index in [1.165, 1.54) is 0 Å². The topological polar surface area (TPSA) is 149 Å². The zero-order valence-electron chi connectivity index (χ0n) is 27.8. The van der Waals surface area contributed by atoms with Crippen LogP contribution in [0.4, 0.5) is 0 Å². The molecule has 0 aliphatic carbocycles. The van der Waals surface area contributed by atoms with Gasteiger partial charge in [-0.05, 0) is 51.4 Å². The molecule has 0 bridgehead atoms. The summed E-state index contributed by atoms with van der Waals surface area (Å²) in [5.41, 5.74) is 0. The Labute approximate surface area is 271 Å². The fraction of sp³-hybridized carbons (Fsp3) is 0.875. The molecule has 4 N–H and O–H groups in total. The van der Waals surface area contributed by atoms with Crippen LogP contribution in [0.15, 0.2) is 0 Å². The Morgan fingerprint density at radius 3 is 0.610 bits per heavy atom. The number of carbonyl (C=O) groups is 4. The molecule has 0 saturated heterocycles. The fourth-order valence-electron chi connectivity index (χ4n) is 3.81. The predicted molar refractivity (Wildman–Crippen MR) is 172 cm³/mol. The van der Waals surface area contributed by atoms with E-state index >= 15 is 0 Å². The van der Waals surface area contributed by atoms with E-state index in [1.807, 2.05) is 27.7 Å². The van der Waals surface area contributed by atoms with Crippen molar-refractivity contribution in [3.05, 3.63) is 0 Å². The molecule has 0 aromatic rings. The van der Waals surface area contributed by atoms with Gasteiger partial charge in [-0.15, -0.1) is 0 Å². The number of hydrogen-bond acceptors (Lipinski definition) is 4. The van der Waals surface area contributed by atoms with Crippen molar-refractivity contribution in [2.45, 2.75) is 158 Å². The van der Waals surface area contributed by atoms with Crippen molar-refractivity contribution in [3.63, 3.8) is 0 Å². The second-order valence-corrected chi connectivity index (χ2v) is 10.3. The quantitative estimate of drug-likeness (QED) is 0.0903. The standard InChI is InChI=1S/4C8H16O2.Pb.2H/c4*1-3-5-6-7(4-2)8(9)10;;;/h4*7H,3-6H2,1-2H3,(H,9,10);;;. The van der Waals surface area contributed by atoms with E-state index in [4.69, 9.17) is 20.4 Å². The Kier molecular flexibility index (Phi) is 44.4. The summed E-state index contributed by atoms with van der Waals surface area (Å²) in [5.74, 6) is -3.02. The van der Waals surface area contributed by atoms with E-state index in [1.54, 1.807) is 0 Å². The second kappa shape index (κ2) is 36.8. The van der Waals surface area contributed by atoms with Crippen LogP contribution in [0.3, 0.4) is 0 Å². The van der Waals surface area contributed by atoms with Crippen LogP contribution in [0.25, 0.3) is 0 Å². The fourth-order valence-corrected chi connectivity index (χ4v) is 3.81. The van der Waals surface area contributed by atoms with Crippen LogP contribution in [0, 0.1) is 23.7 Å². The molecule has 0 heterocycles. The van der Waals surface area contributed by atoms with Crippen molar-refractivity contribution in [1.82, 2.24) is 0 Å². The van der Waals surface area contributed by atoms with E-state index in [9.17, 15) is 19.2 Å². The van der Waals surface area contributed by atoms with Gasteiger partial charge in [0.15, 0.2) is 0 Å². The molecule has 0 aromatic carbocycles. The van der Waals surface area contributed by atoms with Crippen LogP contribution in [0.5, 0.6) is 0 Å². The van der Waals surface area contributed by atoms with Crippen LogP contribution in [0.1, 0.15) is 158 Å². The Morgan fingerprint density at radius 2 is 0.537 bits per heavy atom. The van der Waals surface area contributed by atoms with Gasteiger partial charge in [0.05, 0.1) is 23.7 Å². The molecule has 0 aliphatic rings. The van der Waals surface area contributed by atoms with Crippen molar-refractivity contribution >= 4 is 51.2 Å². The molecule has 246 valence electrons. The number of carboxylic acid groups (broad SMARTS) is 4. The minimum absolute atomic E-state index is 0. The van der Waals surface area contributed by atoms with Gasteiger partial charge in [-0.1, -0.05) is 107 Å². The SMILES string of the molecule is CCCCC(CC)C(=O)O.CCCCC(CC)C(=O)O.CCCCC(CC)C(=O)O.CCCCC(CC)C(=O)O.[PbH2]. The summed E-state index contributed by atoms with van der Waals surface area (Å²) in [6, 6.07) is 0. The first-order valence-corrected chi connectivity index (χ1v) is 15.8. The van der Waals surface area contributed by atoms with Crippen molar-refractivity contribution in [3.8, 4) is 0 Å². The van der Waals surface area contributed by atoms with Crippen LogP contribution < -0.4 is 0 Å². The summed E-state index contributed by atoms with van der Waals surface area (Å²) in [7, 11) is 0. The zero-order chi connectivity index (χ0) is 31.9. The Morgan fingerprint density at radius 1 is 0.390 bits per heavy atom. The molecule has 4 unspecified atom stereocenters. The summed E-state index contributed by atoms with van der Waals surface area (Å²) in [5, 5.41) is 34.4. The summed E-state index contributed by atoms with van der Waals surface area (Å²) < 4.78 is 0. The third-order valence-electron chi connectivity index (χ3n) is 6.99. The first-order chi connectivity index (χ1) is 18.9. The molecule has 0 rings (SSSR count). The number of carboxylic acids is 4. The monoisotopic (exact) mass is 786 g/mol. The number of rotatable bonds is 20. The minimum atomic E-state index is -0.643. The molecular weight excluding hydrogens is 720 g/mol. The van der Waals surface area contributed by atoms with Gasteiger partial charge in [-0.2, -0.15) is 0 Å². The molecule has 8 nitrogen and oxygen atoms in total. The maximum absolute atomic E-state index is 10.4. The van der Waals surface area contributed by atoms with Crippen LogP contribution in [-0.4, -0.2) is 71.6 Å². The average Bonchev–Trinajstić information content (AvgIpc) is 2.91. The first-order valence-electron chi connectivity index (χ1n) is 15.8. The first kappa shape index (κ1) is 49.5. The number of hydrogen-bond donors (Lipinski definition) is 4. The van der Waals surface area contributed by atoms with Crippen molar-refractivity contribution in [2.24, 2.45) is 23.7 Å². The molecule has 4 atom stereocenters. The van der Waals surface area contributed by atoms with Crippen molar-refractivity contribution in [1.29, 1.82) is 0 Å². The van der Waals surface area contributed by atoms with Gasteiger partial charge in [0.25, 0.3) is 0 Å². The van der Waals surface area contributed by atoms with E-state index in [0.29, 0.717) is 0 Å². The van der Waals surface area contributed by atoms with Gasteiger partial charge in [0, 0.05) is 0 Å². The molecule has 0 aromatic heterocycles. The van der Waals surface area contributed by atoms with Crippen LogP contribution in [0.2, 0.25) is 0 Å². The molecular formula is C32H66O8Pb. The van der Waals surface area contributed by atoms with E-state index < -0.39 is 23.9 Å². The van der Waals surface area contributed by atoms with E-state index in [-0.39, 0.29) is 51.0 Å².